The fourth-order valence-corrected chi connectivity index (χ4v) is 2.17. The second-order valence-electron chi connectivity index (χ2n) is 4.55. The van der Waals surface area contributed by atoms with Crippen LogP contribution in [0.2, 0.25) is 0 Å². The number of likely N-dealkylation sites (N-methyl/N-ethyl adjacent to an activating group) is 1. The summed E-state index contributed by atoms with van der Waals surface area (Å²) in [7, 11) is 1.92. The Morgan fingerprint density at radius 1 is 1.47 bits per heavy atom. The molecule has 2 unspecified atom stereocenters. The molecule has 1 aliphatic heterocycles. The number of pyridine rings is 1. The summed E-state index contributed by atoms with van der Waals surface area (Å²) in [5.74, 6) is 0.802. The minimum Gasteiger partial charge on any atom is -0.492 e. The first-order valence-electron chi connectivity index (χ1n) is 6.79. The Kier molecular flexibility index (Phi) is 5.57. The number of ether oxygens (including phenoxy) is 3. The van der Waals surface area contributed by atoms with E-state index in [1.54, 1.807) is 6.20 Å². The van der Waals surface area contributed by atoms with Crippen molar-refractivity contribution in [3.05, 3.63) is 24.0 Å². The first-order chi connectivity index (χ1) is 9.35. The zero-order valence-electron chi connectivity index (χ0n) is 11.6. The summed E-state index contributed by atoms with van der Waals surface area (Å²) in [5.41, 5.74) is 1.06. The molecule has 2 atom stereocenters. The predicted molar refractivity (Wildman–Crippen MR) is 72.4 cm³/mol. The number of hydrogen-bond acceptors (Lipinski definition) is 5. The van der Waals surface area contributed by atoms with Gasteiger partial charge in [0.15, 0.2) is 0 Å². The van der Waals surface area contributed by atoms with E-state index >= 15 is 0 Å². The third-order valence-corrected chi connectivity index (χ3v) is 3.09. The van der Waals surface area contributed by atoms with Crippen LogP contribution in [0.4, 0.5) is 0 Å². The monoisotopic (exact) mass is 266 g/mol. The van der Waals surface area contributed by atoms with Gasteiger partial charge >= 0.3 is 0 Å². The van der Waals surface area contributed by atoms with Crippen molar-refractivity contribution in [3.63, 3.8) is 0 Å². The van der Waals surface area contributed by atoms with Crippen LogP contribution < -0.4 is 10.1 Å². The predicted octanol–water partition coefficient (Wildman–Crippen LogP) is 1.55. The van der Waals surface area contributed by atoms with Gasteiger partial charge in [0, 0.05) is 6.20 Å². The van der Waals surface area contributed by atoms with E-state index in [0.717, 1.165) is 17.7 Å². The van der Waals surface area contributed by atoms with Crippen molar-refractivity contribution < 1.29 is 14.2 Å². The van der Waals surface area contributed by atoms with Crippen LogP contribution in [0.5, 0.6) is 5.75 Å². The van der Waals surface area contributed by atoms with Gasteiger partial charge in [-0.05, 0) is 25.1 Å². The van der Waals surface area contributed by atoms with Gasteiger partial charge in [0.1, 0.15) is 11.9 Å². The Morgan fingerprint density at radius 3 is 3.05 bits per heavy atom. The summed E-state index contributed by atoms with van der Waals surface area (Å²) in [4.78, 5) is 4.24. The van der Waals surface area contributed by atoms with Gasteiger partial charge in [0.2, 0.25) is 0 Å². The highest BCUT2D eigenvalue weighted by Crippen LogP contribution is 2.23. The second-order valence-corrected chi connectivity index (χ2v) is 4.55. The molecule has 19 heavy (non-hydrogen) atoms. The van der Waals surface area contributed by atoms with Gasteiger partial charge in [0.05, 0.1) is 38.7 Å². The molecule has 1 aromatic rings. The molecule has 0 saturated carbocycles. The maximum Gasteiger partial charge on any atom is 0.137 e. The van der Waals surface area contributed by atoms with Crippen LogP contribution in [0, 0.1) is 0 Å². The molecule has 0 aromatic carbocycles. The van der Waals surface area contributed by atoms with Crippen molar-refractivity contribution in [2.75, 3.05) is 33.5 Å². The fraction of sp³-hybridized carbons (Fsp3) is 0.643. The van der Waals surface area contributed by atoms with Crippen LogP contribution in [0.25, 0.3) is 0 Å². The van der Waals surface area contributed by atoms with Crippen LogP contribution in [-0.4, -0.2) is 44.6 Å². The fourth-order valence-electron chi connectivity index (χ4n) is 2.17. The molecule has 2 rings (SSSR count). The normalized spacial score (nSPS) is 21.1. The molecule has 5 heteroatoms. The Labute approximate surface area is 114 Å². The molecular weight excluding hydrogens is 244 g/mol. The zero-order chi connectivity index (χ0) is 13.5. The Bertz CT molecular complexity index is 381. The summed E-state index contributed by atoms with van der Waals surface area (Å²) in [6, 6.07) is 2.08. The van der Waals surface area contributed by atoms with Gasteiger partial charge < -0.3 is 19.5 Å². The first kappa shape index (κ1) is 14.2. The number of aromatic nitrogens is 1. The highest BCUT2D eigenvalue weighted by Gasteiger charge is 2.25. The van der Waals surface area contributed by atoms with E-state index < -0.39 is 0 Å². The van der Waals surface area contributed by atoms with Crippen molar-refractivity contribution >= 4 is 0 Å². The summed E-state index contributed by atoms with van der Waals surface area (Å²) < 4.78 is 16.8. The molecule has 1 N–H and O–H groups in total. The molecule has 1 aromatic heterocycles. The van der Waals surface area contributed by atoms with Gasteiger partial charge in [-0.1, -0.05) is 6.92 Å². The number of nitrogens with zero attached hydrogens (tertiary/aromatic N) is 1. The second kappa shape index (κ2) is 7.43. The smallest absolute Gasteiger partial charge is 0.137 e. The number of rotatable bonds is 6. The summed E-state index contributed by atoms with van der Waals surface area (Å²) in [5, 5.41) is 3.27. The topological polar surface area (TPSA) is 52.6 Å². The summed E-state index contributed by atoms with van der Waals surface area (Å²) in [6.45, 7) is 4.71. The first-order valence-corrected chi connectivity index (χ1v) is 6.79. The van der Waals surface area contributed by atoms with E-state index in [9.17, 15) is 0 Å². The molecular formula is C14H22N2O3. The highest BCUT2D eigenvalue weighted by molar-refractivity contribution is 5.27. The maximum atomic E-state index is 5.75. The van der Waals surface area contributed by atoms with E-state index in [2.05, 4.69) is 17.2 Å². The van der Waals surface area contributed by atoms with Crippen molar-refractivity contribution in [3.8, 4) is 5.75 Å². The van der Waals surface area contributed by atoms with Crippen LogP contribution in [-0.2, 0) is 9.47 Å². The lowest BCUT2D eigenvalue weighted by atomic mass is 10.0. The SMILES string of the molecule is CCCOc1cncc(C(NC)C2COCCO2)c1. The molecule has 0 bridgehead atoms. The highest BCUT2D eigenvalue weighted by atomic mass is 16.6. The quantitative estimate of drug-likeness (QED) is 0.846. The van der Waals surface area contributed by atoms with Crippen LogP contribution >= 0.6 is 0 Å². The van der Waals surface area contributed by atoms with E-state index in [4.69, 9.17) is 14.2 Å². The Balaban J connectivity index is 2.08. The van der Waals surface area contributed by atoms with E-state index in [-0.39, 0.29) is 12.1 Å². The van der Waals surface area contributed by atoms with E-state index in [1.165, 1.54) is 0 Å². The molecule has 0 spiro atoms. The number of hydrogen-bond donors (Lipinski definition) is 1. The van der Waals surface area contributed by atoms with E-state index in [1.807, 2.05) is 19.3 Å². The van der Waals surface area contributed by atoms with Crippen molar-refractivity contribution in [2.24, 2.45) is 0 Å². The lowest BCUT2D eigenvalue weighted by molar-refractivity contribution is -0.101. The lowest BCUT2D eigenvalue weighted by Gasteiger charge is -2.30. The Morgan fingerprint density at radius 2 is 2.37 bits per heavy atom. The van der Waals surface area contributed by atoms with Crippen molar-refractivity contribution in [2.45, 2.75) is 25.5 Å². The molecule has 5 nitrogen and oxygen atoms in total. The third-order valence-electron chi connectivity index (χ3n) is 3.09. The van der Waals surface area contributed by atoms with Crippen LogP contribution in [0.15, 0.2) is 18.5 Å². The van der Waals surface area contributed by atoms with Gasteiger partial charge in [0.25, 0.3) is 0 Å². The van der Waals surface area contributed by atoms with Gasteiger partial charge in [-0.2, -0.15) is 0 Å². The van der Waals surface area contributed by atoms with E-state index in [0.29, 0.717) is 26.4 Å². The average molecular weight is 266 g/mol. The molecule has 0 amide bonds. The van der Waals surface area contributed by atoms with Crippen molar-refractivity contribution in [1.82, 2.24) is 10.3 Å². The Hall–Kier alpha value is -1.17. The maximum absolute atomic E-state index is 5.75. The summed E-state index contributed by atoms with van der Waals surface area (Å²) >= 11 is 0. The van der Waals surface area contributed by atoms with Gasteiger partial charge in [-0.15, -0.1) is 0 Å². The van der Waals surface area contributed by atoms with Gasteiger partial charge in [-0.25, -0.2) is 0 Å². The summed E-state index contributed by atoms with van der Waals surface area (Å²) in [6.07, 6.45) is 4.59. The minimum absolute atomic E-state index is 0.0157. The van der Waals surface area contributed by atoms with Crippen LogP contribution in [0.1, 0.15) is 24.9 Å². The van der Waals surface area contributed by atoms with Crippen LogP contribution in [0.3, 0.4) is 0 Å². The van der Waals surface area contributed by atoms with Crippen molar-refractivity contribution in [1.29, 1.82) is 0 Å². The number of nitrogens with one attached hydrogen (secondary N) is 1. The molecule has 1 saturated heterocycles. The zero-order valence-corrected chi connectivity index (χ0v) is 11.6. The third kappa shape index (κ3) is 3.89. The molecule has 0 aliphatic carbocycles. The molecule has 2 heterocycles. The minimum atomic E-state index is 0.0157. The molecule has 1 aliphatic rings. The average Bonchev–Trinajstić information content (AvgIpc) is 2.47. The standard InChI is InChI=1S/C14H22N2O3/c1-3-4-18-12-7-11(8-16-9-12)14(15-2)13-10-17-5-6-19-13/h7-9,13-15H,3-6,10H2,1-2H3. The molecule has 1 fully saturated rings. The molecule has 0 radical (unpaired) electrons. The van der Waals surface area contributed by atoms with Gasteiger partial charge in [-0.3, -0.25) is 4.98 Å². The largest absolute Gasteiger partial charge is 0.492 e. The lowest BCUT2D eigenvalue weighted by Crippen LogP contribution is -2.39. The molecule has 106 valence electrons.